The number of aromatic nitrogens is 1. The minimum atomic E-state index is -3.57. The molecule has 1 aliphatic rings. The van der Waals surface area contributed by atoms with Crippen molar-refractivity contribution in [3.8, 4) is 0 Å². The van der Waals surface area contributed by atoms with E-state index in [0.29, 0.717) is 23.8 Å². The van der Waals surface area contributed by atoms with Gasteiger partial charge in [0.25, 0.3) is 10.1 Å². The molecule has 7 nitrogen and oxygen atoms in total. The highest BCUT2D eigenvalue weighted by Gasteiger charge is 2.27. The molecule has 1 aliphatic heterocycles. The van der Waals surface area contributed by atoms with Crippen LogP contribution >= 0.6 is 11.6 Å². The molecule has 0 N–H and O–H groups in total. The second kappa shape index (κ2) is 8.16. The number of pyridine rings is 1. The smallest absolute Gasteiger partial charge is 0.410 e. The molecule has 1 aromatic heterocycles. The monoisotopic (exact) mass is 416 g/mol. The SMILES string of the molecule is CC1CN(C(=O)OC(C)(C)C)CC=C1c1cnc(COS(C)(=O)=O)c(Cl)c1. The maximum absolute atomic E-state index is 12.2. The zero-order valence-corrected chi connectivity index (χ0v) is 17.7. The van der Waals surface area contributed by atoms with Crippen LogP contribution in [-0.2, 0) is 25.6 Å². The molecule has 0 spiro atoms. The fraction of sp³-hybridized carbons (Fsp3) is 0.556. The minimum Gasteiger partial charge on any atom is -0.444 e. The van der Waals surface area contributed by atoms with E-state index in [4.69, 9.17) is 20.5 Å². The summed E-state index contributed by atoms with van der Waals surface area (Å²) in [5.74, 6) is 0.0715. The van der Waals surface area contributed by atoms with E-state index in [1.165, 1.54) is 0 Å². The van der Waals surface area contributed by atoms with Crippen molar-refractivity contribution >= 4 is 33.4 Å². The molecule has 27 heavy (non-hydrogen) atoms. The fourth-order valence-electron chi connectivity index (χ4n) is 2.68. The topological polar surface area (TPSA) is 85.8 Å². The number of hydrogen-bond acceptors (Lipinski definition) is 6. The van der Waals surface area contributed by atoms with Gasteiger partial charge in [0, 0.05) is 19.3 Å². The summed E-state index contributed by atoms with van der Waals surface area (Å²) in [6.45, 7) is 8.27. The predicted octanol–water partition coefficient (Wildman–Crippen LogP) is 3.48. The quantitative estimate of drug-likeness (QED) is 0.698. The molecule has 0 aliphatic carbocycles. The standard InChI is InChI=1S/C18H25ClN2O5S/c1-12-10-21(17(22)26-18(2,3)4)7-6-14(12)13-8-15(19)16(20-9-13)11-25-27(5,23)24/h6,8-9,12H,7,10-11H2,1-5H3. The summed E-state index contributed by atoms with van der Waals surface area (Å²) in [4.78, 5) is 18.1. The zero-order valence-electron chi connectivity index (χ0n) is 16.2. The van der Waals surface area contributed by atoms with Gasteiger partial charge in [-0.2, -0.15) is 8.42 Å². The Bertz CT molecular complexity index is 846. The summed E-state index contributed by atoms with van der Waals surface area (Å²) in [5, 5.41) is 0.332. The van der Waals surface area contributed by atoms with Crippen molar-refractivity contribution in [2.45, 2.75) is 39.9 Å². The zero-order chi connectivity index (χ0) is 20.4. The lowest BCUT2D eigenvalue weighted by Crippen LogP contribution is -2.41. The Morgan fingerprint density at radius 2 is 2.07 bits per heavy atom. The van der Waals surface area contributed by atoms with Crippen molar-refractivity contribution in [1.82, 2.24) is 9.88 Å². The van der Waals surface area contributed by atoms with Gasteiger partial charge < -0.3 is 9.64 Å². The van der Waals surface area contributed by atoms with Crippen LogP contribution < -0.4 is 0 Å². The summed E-state index contributed by atoms with van der Waals surface area (Å²) in [6, 6.07) is 1.74. The second-order valence-corrected chi connectivity index (χ2v) is 9.62. The first-order chi connectivity index (χ1) is 12.4. The third-order valence-electron chi connectivity index (χ3n) is 3.87. The lowest BCUT2D eigenvalue weighted by molar-refractivity contribution is 0.0251. The maximum Gasteiger partial charge on any atom is 0.410 e. The molecule has 0 saturated carbocycles. The van der Waals surface area contributed by atoms with Crippen LogP contribution in [0.4, 0.5) is 4.79 Å². The van der Waals surface area contributed by atoms with Gasteiger partial charge in [0.15, 0.2) is 0 Å². The van der Waals surface area contributed by atoms with Crippen molar-refractivity contribution in [2.24, 2.45) is 5.92 Å². The fourth-order valence-corrected chi connectivity index (χ4v) is 3.23. The number of hydrogen-bond donors (Lipinski definition) is 0. The van der Waals surface area contributed by atoms with Gasteiger partial charge in [-0.05, 0) is 43.9 Å². The maximum atomic E-state index is 12.2. The first-order valence-electron chi connectivity index (χ1n) is 8.53. The van der Waals surface area contributed by atoms with Crippen LogP contribution in [-0.4, -0.2) is 49.3 Å². The summed E-state index contributed by atoms with van der Waals surface area (Å²) >= 11 is 6.23. The molecule has 2 rings (SSSR count). The van der Waals surface area contributed by atoms with Crippen LogP contribution in [0.1, 0.15) is 39.0 Å². The molecule has 0 saturated heterocycles. The van der Waals surface area contributed by atoms with E-state index in [1.54, 1.807) is 17.2 Å². The molecule has 9 heteroatoms. The Morgan fingerprint density at radius 3 is 2.59 bits per heavy atom. The largest absolute Gasteiger partial charge is 0.444 e. The summed E-state index contributed by atoms with van der Waals surface area (Å²) in [5.41, 5.74) is 1.68. The van der Waals surface area contributed by atoms with Crippen LogP contribution in [0.25, 0.3) is 5.57 Å². The van der Waals surface area contributed by atoms with Gasteiger partial charge in [0.2, 0.25) is 0 Å². The first kappa shape index (κ1) is 21.7. The van der Waals surface area contributed by atoms with Crippen molar-refractivity contribution in [1.29, 1.82) is 0 Å². The predicted molar refractivity (Wildman–Crippen MR) is 104 cm³/mol. The van der Waals surface area contributed by atoms with E-state index < -0.39 is 15.7 Å². The molecule has 1 aromatic rings. The molecule has 0 aromatic carbocycles. The molecular formula is C18H25ClN2O5S. The number of carbonyl (C=O) groups excluding carboxylic acids is 1. The molecule has 150 valence electrons. The molecule has 2 heterocycles. The van der Waals surface area contributed by atoms with Gasteiger partial charge in [-0.1, -0.05) is 24.6 Å². The summed E-state index contributed by atoms with van der Waals surface area (Å²) < 4.78 is 32.4. The van der Waals surface area contributed by atoms with Gasteiger partial charge >= 0.3 is 6.09 Å². The number of nitrogens with zero attached hydrogens (tertiary/aromatic N) is 2. The van der Waals surface area contributed by atoms with E-state index in [9.17, 15) is 13.2 Å². The van der Waals surface area contributed by atoms with Crippen LogP contribution in [0.2, 0.25) is 5.02 Å². The lowest BCUT2D eigenvalue weighted by atomic mass is 9.91. The molecular weight excluding hydrogens is 392 g/mol. The Morgan fingerprint density at radius 1 is 1.41 bits per heavy atom. The molecule has 0 fully saturated rings. The van der Waals surface area contributed by atoms with Crippen molar-refractivity contribution < 1.29 is 22.1 Å². The molecule has 1 amide bonds. The average molecular weight is 417 g/mol. The van der Waals surface area contributed by atoms with Crippen molar-refractivity contribution in [3.63, 3.8) is 0 Å². The third-order valence-corrected chi connectivity index (χ3v) is 4.74. The van der Waals surface area contributed by atoms with Gasteiger partial charge in [-0.15, -0.1) is 0 Å². The Hall–Kier alpha value is -1.64. The highest BCUT2D eigenvalue weighted by Crippen LogP contribution is 2.30. The molecule has 0 radical (unpaired) electrons. The third kappa shape index (κ3) is 6.48. The Kier molecular flexibility index (Phi) is 6.55. The van der Waals surface area contributed by atoms with Gasteiger partial charge in [-0.25, -0.2) is 4.79 Å². The highest BCUT2D eigenvalue weighted by atomic mass is 35.5. The van der Waals surface area contributed by atoms with Crippen LogP contribution in [0.5, 0.6) is 0 Å². The highest BCUT2D eigenvalue weighted by molar-refractivity contribution is 7.85. The van der Waals surface area contributed by atoms with E-state index in [2.05, 4.69) is 4.98 Å². The van der Waals surface area contributed by atoms with E-state index in [0.717, 1.165) is 17.4 Å². The second-order valence-electron chi connectivity index (χ2n) is 7.56. The number of amides is 1. The molecule has 1 atom stereocenters. The van der Waals surface area contributed by atoms with Crippen LogP contribution in [0, 0.1) is 5.92 Å². The van der Waals surface area contributed by atoms with Gasteiger partial charge in [0.05, 0.1) is 17.0 Å². The number of carbonyl (C=O) groups is 1. The number of ether oxygens (including phenoxy) is 1. The minimum absolute atomic E-state index is 0.0715. The van der Waals surface area contributed by atoms with Crippen LogP contribution in [0.15, 0.2) is 18.3 Å². The van der Waals surface area contributed by atoms with E-state index in [1.807, 2.05) is 33.8 Å². The number of halogens is 1. The van der Waals surface area contributed by atoms with E-state index in [-0.39, 0.29) is 18.6 Å². The molecule has 1 unspecified atom stereocenters. The first-order valence-corrected chi connectivity index (χ1v) is 10.7. The summed E-state index contributed by atoms with van der Waals surface area (Å²) in [7, 11) is -3.57. The lowest BCUT2D eigenvalue weighted by Gasteiger charge is -2.33. The average Bonchev–Trinajstić information content (AvgIpc) is 2.51. The Balaban J connectivity index is 2.12. The van der Waals surface area contributed by atoms with Crippen molar-refractivity contribution in [2.75, 3.05) is 19.3 Å². The Labute approximate surface area is 165 Å². The number of rotatable bonds is 4. The van der Waals surface area contributed by atoms with E-state index >= 15 is 0 Å². The van der Waals surface area contributed by atoms with Crippen LogP contribution in [0.3, 0.4) is 0 Å². The molecule has 0 bridgehead atoms. The normalized spacial score (nSPS) is 18.2. The van der Waals surface area contributed by atoms with Gasteiger partial charge in [0.1, 0.15) is 12.2 Å². The van der Waals surface area contributed by atoms with Gasteiger partial charge in [-0.3, -0.25) is 9.17 Å². The van der Waals surface area contributed by atoms with Crippen molar-refractivity contribution in [3.05, 3.63) is 34.6 Å². The summed E-state index contributed by atoms with van der Waals surface area (Å²) in [6.07, 6.45) is 4.23.